The molecule has 38 heavy (non-hydrogen) atoms. The number of ether oxygens (including phenoxy) is 3. The molecule has 0 bridgehead atoms. The molecule has 3 aromatic carbocycles. The lowest BCUT2D eigenvalue weighted by Crippen LogP contribution is -2.36. The number of carboxylic acids is 1. The molecule has 7 heteroatoms. The van der Waals surface area contributed by atoms with Crippen LogP contribution in [0.2, 0.25) is 0 Å². The molecular formula is C31H33NO6. The van der Waals surface area contributed by atoms with Crippen LogP contribution in [-0.4, -0.2) is 36.0 Å². The van der Waals surface area contributed by atoms with Crippen molar-refractivity contribution in [3.63, 3.8) is 0 Å². The second-order valence-electron chi connectivity index (χ2n) is 10.1. The number of amides is 1. The van der Waals surface area contributed by atoms with Crippen LogP contribution >= 0.6 is 0 Å². The highest BCUT2D eigenvalue weighted by molar-refractivity contribution is 5.94. The SMILES string of the molecule is CC(C)(C)OC(=O)N(Cc1ccc(C2=CCOCC2)cc1)c1ccc(C(=O)O)c(OCc2ccccc2)c1. The summed E-state index contributed by atoms with van der Waals surface area (Å²) in [5, 5.41) is 9.73. The fraction of sp³-hybridized carbons (Fsp3) is 0.290. The normalized spacial score (nSPS) is 13.4. The smallest absolute Gasteiger partial charge is 0.415 e. The number of aromatic carboxylic acids is 1. The van der Waals surface area contributed by atoms with Crippen molar-refractivity contribution in [2.24, 2.45) is 0 Å². The van der Waals surface area contributed by atoms with Crippen LogP contribution in [0.25, 0.3) is 5.57 Å². The molecule has 1 aliphatic rings. The Morgan fingerprint density at radius 2 is 1.71 bits per heavy atom. The van der Waals surface area contributed by atoms with Gasteiger partial charge in [-0.2, -0.15) is 0 Å². The summed E-state index contributed by atoms with van der Waals surface area (Å²) in [6, 6.07) is 22.2. The first kappa shape index (κ1) is 26.9. The third-order valence-corrected chi connectivity index (χ3v) is 5.99. The summed E-state index contributed by atoms with van der Waals surface area (Å²) in [5.74, 6) is -0.935. The van der Waals surface area contributed by atoms with E-state index in [1.807, 2.05) is 54.6 Å². The van der Waals surface area contributed by atoms with Gasteiger partial charge in [0, 0.05) is 6.07 Å². The Morgan fingerprint density at radius 3 is 2.34 bits per heavy atom. The quantitative estimate of drug-likeness (QED) is 0.359. The zero-order valence-corrected chi connectivity index (χ0v) is 22.0. The van der Waals surface area contributed by atoms with Crippen molar-refractivity contribution in [1.29, 1.82) is 0 Å². The van der Waals surface area contributed by atoms with Crippen LogP contribution in [0.4, 0.5) is 10.5 Å². The molecule has 1 heterocycles. The van der Waals surface area contributed by atoms with Gasteiger partial charge in [-0.15, -0.1) is 0 Å². The van der Waals surface area contributed by atoms with Crippen LogP contribution in [0.5, 0.6) is 5.75 Å². The van der Waals surface area contributed by atoms with Gasteiger partial charge >= 0.3 is 12.1 Å². The third-order valence-electron chi connectivity index (χ3n) is 5.99. The molecular weight excluding hydrogens is 482 g/mol. The number of carbonyl (C=O) groups excluding carboxylic acids is 1. The average molecular weight is 516 g/mol. The van der Waals surface area contributed by atoms with Crippen LogP contribution in [0.1, 0.15) is 54.2 Å². The molecule has 198 valence electrons. The zero-order chi connectivity index (χ0) is 27.1. The molecule has 0 saturated heterocycles. The van der Waals surface area contributed by atoms with Crippen molar-refractivity contribution < 1.29 is 28.9 Å². The molecule has 1 amide bonds. The topological polar surface area (TPSA) is 85.3 Å². The van der Waals surface area contributed by atoms with E-state index in [1.54, 1.807) is 32.9 Å². The van der Waals surface area contributed by atoms with Crippen LogP contribution in [0.15, 0.2) is 78.9 Å². The van der Waals surface area contributed by atoms with Crippen LogP contribution in [0, 0.1) is 0 Å². The van der Waals surface area contributed by atoms with Gasteiger partial charge in [0.25, 0.3) is 0 Å². The molecule has 0 unspecified atom stereocenters. The highest BCUT2D eigenvalue weighted by Gasteiger charge is 2.25. The molecule has 0 saturated carbocycles. The lowest BCUT2D eigenvalue weighted by atomic mass is 10.00. The zero-order valence-electron chi connectivity index (χ0n) is 22.0. The van der Waals surface area contributed by atoms with Gasteiger partial charge in [-0.1, -0.05) is 60.7 Å². The molecule has 1 N–H and O–H groups in total. The number of hydrogen-bond donors (Lipinski definition) is 1. The monoisotopic (exact) mass is 515 g/mol. The van der Waals surface area contributed by atoms with Crippen molar-refractivity contribution in [3.8, 4) is 5.75 Å². The third kappa shape index (κ3) is 7.23. The average Bonchev–Trinajstić information content (AvgIpc) is 2.90. The van der Waals surface area contributed by atoms with Crippen LogP contribution < -0.4 is 9.64 Å². The number of hydrogen-bond acceptors (Lipinski definition) is 5. The molecule has 0 aromatic heterocycles. The first-order chi connectivity index (χ1) is 18.2. The van der Waals surface area contributed by atoms with Crippen molar-refractivity contribution in [3.05, 3.63) is 101 Å². The van der Waals surface area contributed by atoms with Gasteiger partial charge in [-0.3, -0.25) is 4.90 Å². The molecule has 0 aliphatic carbocycles. The Bertz CT molecular complexity index is 1290. The summed E-state index contributed by atoms with van der Waals surface area (Å²) < 4.78 is 17.0. The van der Waals surface area contributed by atoms with E-state index in [-0.39, 0.29) is 24.5 Å². The van der Waals surface area contributed by atoms with Crippen LogP contribution in [-0.2, 0) is 22.6 Å². The summed E-state index contributed by atoms with van der Waals surface area (Å²) in [7, 11) is 0. The van der Waals surface area contributed by atoms with Gasteiger partial charge in [0.2, 0.25) is 0 Å². The van der Waals surface area contributed by atoms with Gasteiger partial charge in [-0.05, 0) is 61.6 Å². The van der Waals surface area contributed by atoms with E-state index in [1.165, 1.54) is 16.5 Å². The van der Waals surface area contributed by atoms with E-state index in [4.69, 9.17) is 14.2 Å². The Balaban J connectivity index is 1.63. The summed E-state index contributed by atoms with van der Waals surface area (Å²) >= 11 is 0. The molecule has 7 nitrogen and oxygen atoms in total. The minimum Gasteiger partial charge on any atom is -0.488 e. The second-order valence-corrected chi connectivity index (χ2v) is 10.1. The lowest BCUT2D eigenvalue weighted by molar-refractivity contribution is 0.0577. The molecule has 0 atom stereocenters. The molecule has 0 radical (unpaired) electrons. The van der Waals surface area contributed by atoms with E-state index in [2.05, 4.69) is 6.08 Å². The standard InChI is InChI=1S/C31H33NO6/c1-31(2,3)38-30(35)32(20-22-9-11-24(12-10-22)25-15-17-36-18-16-25)26-13-14-27(29(33)34)28(19-26)37-21-23-7-5-4-6-8-23/h4-15,19H,16-18,20-21H2,1-3H3,(H,33,34). The predicted molar refractivity (Wildman–Crippen MR) is 146 cm³/mol. The number of nitrogens with zero attached hydrogens (tertiary/aromatic N) is 1. The fourth-order valence-electron chi connectivity index (χ4n) is 4.08. The Morgan fingerprint density at radius 1 is 0.974 bits per heavy atom. The highest BCUT2D eigenvalue weighted by Crippen LogP contribution is 2.30. The van der Waals surface area contributed by atoms with Crippen LogP contribution in [0.3, 0.4) is 0 Å². The van der Waals surface area contributed by atoms with Crippen molar-refractivity contribution in [2.45, 2.75) is 45.9 Å². The molecule has 0 spiro atoms. The number of carbonyl (C=O) groups is 2. The van der Waals surface area contributed by atoms with E-state index < -0.39 is 17.7 Å². The van der Waals surface area contributed by atoms with Gasteiger partial charge < -0.3 is 19.3 Å². The fourth-order valence-corrected chi connectivity index (χ4v) is 4.08. The van der Waals surface area contributed by atoms with Gasteiger partial charge in [0.05, 0.1) is 25.4 Å². The minimum absolute atomic E-state index is 0.0166. The molecule has 4 rings (SSSR count). The van der Waals surface area contributed by atoms with E-state index in [0.717, 1.165) is 23.1 Å². The maximum absolute atomic E-state index is 13.3. The predicted octanol–water partition coefficient (Wildman–Crippen LogP) is 6.71. The first-order valence-electron chi connectivity index (χ1n) is 12.6. The van der Waals surface area contributed by atoms with Gasteiger partial charge in [-0.25, -0.2) is 9.59 Å². The molecule has 3 aromatic rings. The minimum atomic E-state index is -1.11. The maximum atomic E-state index is 13.3. The van der Waals surface area contributed by atoms with Crippen molar-refractivity contribution in [1.82, 2.24) is 0 Å². The summed E-state index contributed by atoms with van der Waals surface area (Å²) in [5.41, 5.74) is 3.97. The van der Waals surface area contributed by atoms with Gasteiger partial charge in [0.1, 0.15) is 23.5 Å². The second kappa shape index (κ2) is 12.0. The Kier molecular flexibility index (Phi) is 8.48. The number of benzene rings is 3. The number of carboxylic acid groups (broad SMARTS) is 1. The maximum Gasteiger partial charge on any atom is 0.415 e. The number of rotatable bonds is 8. The lowest BCUT2D eigenvalue weighted by Gasteiger charge is -2.28. The van der Waals surface area contributed by atoms with Gasteiger partial charge in [0.15, 0.2) is 0 Å². The molecule has 1 aliphatic heterocycles. The van der Waals surface area contributed by atoms with E-state index in [0.29, 0.717) is 18.9 Å². The summed E-state index contributed by atoms with van der Waals surface area (Å²) in [6.45, 7) is 7.18. The number of anilines is 1. The summed E-state index contributed by atoms with van der Waals surface area (Å²) in [6.07, 6.45) is 2.42. The molecule has 0 fully saturated rings. The summed E-state index contributed by atoms with van der Waals surface area (Å²) in [4.78, 5) is 26.7. The van der Waals surface area contributed by atoms with E-state index >= 15 is 0 Å². The van der Waals surface area contributed by atoms with Crippen molar-refractivity contribution >= 4 is 23.3 Å². The van der Waals surface area contributed by atoms with E-state index in [9.17, 15) is 14.7 Å². The largest absolute Gasteiger partial charge is 0.488 e. The highest BCUT2D eigenvalue weighted by atomic mass is 16.6. The first-order valence-corrected chi connectivity index (χ1v) is 12.6. The Hall–Kier alpha value is -4.10. The van der Waals surface area contributed by atoms with Crippen molar-refractivity contribution in [2.75, 3.05) is 18.1 Å². The Labute approximate surface area is 223 Å².